The normalized spacial score (nSPS) is 10.4. The van der Waals surface area contributed by atoms with Crippen molar-refractivity contribution in [2.24, 2.45) is 0 Å². The fraction of sp³-hybridized carbons (Fsp3) is 0.350. The van der Waals surface area contributed by atoms with E-state index in [1.54, 1.807) is 7.11 Å². The maximum atomic E-state index is 12.3. The van der Waals surface area contributed by atoms with Gasteiger partial charge in [-0.3, -0.25) is 4.79 Å². The summed E-state index contributed by atoms with van der Waals surface area (Å²) >= 11 is 0. The second kappa shape index (κ2) is 7.82. The third-order valence-corrected chi connectivity index (χ3v) is 4.15. The van der Waals surface area contributed by atoms with E-state index in [1.807, 2.05) is 38.1 Å². The molecule has 23 heavy (non-hydrogen) atoms. The van der Waals surface area contributed by atoms with Crippen molar-refractivity contribution in [1.29, 1.82) is 0 Å². The molecule has 0 saturated heterocycles. The Hall–Kier alpha value is -2.29. The number of carbonyl (C=O) groups excluding carboxylic acids is 1. The fourth-order valence-electron chi connectivity index (χ4n) is 2.62. The second-order valence-electron chi connectivity index (χ2n) is 5.96. The SMILES string of the molecule is COc1cccc(CCCNC(=O)c2cc(C)c(C)cc2C)c1. The van der Waals surface area contributed by atoms with Gasteiger partial charge in [0.25, 0.3) is 5.91 Å². The van der Waals surface area contributed by atoms with Gasteiger partial charge in [-0.15, -0.1) is 0 Å². The number of methoxy groups -OCH3 is 1. The Morgan fingerprint density at radius 1 is 1.04 bits per heavy atom. The first-order chi connectivity index (χ1) is 11.0. The molecule has 0 aliphatic heterocycles. The van der Waals surface area contributed by atoms with Crippen LogP contribution in [0.1, 0.15) is 39.0 Å². The molecule has 2 aromatic rings. The number of carbonyl (C=O) groups is 1. The molecule has 2 rings (SSSR count). The molecule has 0 spiro atoms. The summed E-state index contributed by atoms with van der Waals surface area (Å²) in [7, 11) is 1.67. The van der Waals surface area contributed by atoms with Crippen LogP contribution in [0.4, 0.5) is 0 Å². The number of nitrogens with one attached hydrogen (secondary N) is 1. The summed E-state index contributed by atoms with van der Waals surface area (Å²) in [6.07, 6.45) is 1.83. The maximum absolute atomic E-state index is 12.3. The van der Waals surface area contributed by atoms with Crippen molar-refractivity contribution in [1.82, 2.24) is 5.32 Å². The van der Waals surface area contributed by atoms with E-state index in [4.69, 9.17) is 4.74 Å². The van der Waals surface area contributed by atoms with Crippen LogP contribution in [0.5, 0.6) is 5.75 Å². The summed E-state index contributed by atoms with van der Waals surface area (Å²) in [5.74, 6) is 0.883. The quantitative estimate of drug-likeness (QED) is 0.819. The van der Waals surface area contributed by atoms with Gasteiger partial charge in [0, 0.05) is 12.1 Å². The zero-order valence-corrected chi connectivity index (χ0v) is 14.4. The van der Waals surface area contributed by atoms with Crippen molar-refractivity contribution in [3.05, 3.63) is 64.2 Å². The van der Waals surface area contributed by atoms with Crippen molar-refractivity contribution in [2.45, 2.75) is 33.6 Å². The van der Waals surface area contributed by atoms with E-state index >= 15 is 0 Å². The molecular formula is C20H25NO2. The van der Waals surface area contributed by atoms with E-state index in [2.05, 4.69) is 24.4 Å². The lowest BCUT2D eigenvalue weighted by Gasteiger charge is -2.11. The Kier molecular flexibility index (Phi) is 5.80. The van der Waals surface area contributed by atoms with Gasteiger partial charge in [-0.25, -0.2) is 0 Å². The number of rotatable bonds is 6. The summed E-state index contributed by atoms with van der Waals surface area (Å²) in [5, 5.41) is 3.02. The molecule has 1 N–H and O–H groups in total. The third-order valence-electron chi connectivity index (χ3n) is 4.15. The smallest absolute Gasteiger partial charge is 0.251 e. The zero-order chi connectivity index (χ0) is 16.8. The summed E-state index contributed by atoms with van der Waals surface area (Å²) in [6.45, 7) is 6.76. The van der Waals surface area contributed by atoms with E-state index < -0.39 is 0 Å². The summed E-state index contributed by atoms with van der Waals surface area (Å²) in [4.78, 5) is 12.3. The van der Waals surface area contributed by atoms with Gasteiger partial charge < -0.3 is 10.1 Å². The van der Waals surface area contributed by atoms with Crippen LogP contribution >= 0.6 is 0 Å². The van der Waals surface area contributed by atoms with Crippen LogP contribution in [0.15, 0.2) is 36.4 Å². The molecule has 0 bridgehead atoms. The van der Waals surface area contributed by atoms with Gasteiger partial charge in [-0.1, -0.05) is 18.2 Å². The number of hydrogen-bond acceptors (Lipinski definition) is 2. The van der Waals surface area contributed by atoms with Gasteiger partial charge in [0.15, 0.2) is 0 Å². The largest absolute Gasteiger partial charge is 0.497 e. The van der Waals surface area contributed by atoms with Gasteiger partial charge in [0.1, 0.15) is 5.75 Å². The Balaban J connectivity index is 1.86. The molecular weight excluding hydrogens is 286 g/mol. The molecule has 0 saturated carbocycles. The second-order valence-corrected chi connectivity index (χ2v) is 5.96. The van der Waals surface area contributed by atoms with Gasteiger partial charge in [0.2, 0.25) is 0 Å². The van der Waals surface area contributed by atoms with Crippen LogP contribution in [0.3, 0.4) is 0 Å². The van der Waals surface area contributed by atoms with Crippen LogP contribution in [0.25, 0.3) is 0 Å². The molecule has 0 aliphatic rings. The average Bonchev–Trinajstić information content (AvgIpc) is 2.55. The van der Waals surface area contributed by atoms with Crippen molar-refractivity contribution in [3.63, 3.8) is 0 Å². The van der Waals surface area contributed by atoms with Gasteiger partial charge in [-0.2, -0.15) is 0 Å². The van der Waals surface area contributed by atoms with E-state index in [0.717, 1.165) is 35.3 Å². The predicted molar refractivity (Wildman–Crippen MR) is 94.3 cm³/mol. The van der Waals surface area contributed by atoms with Crippen molar-refractivity contribution < 1.29 is 9.53 Å². The molecule has 3 heteroatoms. The number of amides is 1. The zero-order valence-electron chi connectivity index (χ0n) is 14.4. The number of aryl methyl sites for hydroxylation is 4. The number of hydrogen-bond donors (Lipinski definition) is 1. The van der Waals surface area contributed by atoms with Crippen LogP contribution in [0.2, 0.25) is 0 Å². The van der Waals surface area contributed by atoms with E-state index in [1.165, 1.54) is 11.1 Å². The van der Waals surface area contributed by atoms with Crippen LogP contribution in [-0.4, -0.2) is 19.6 Å². The average molecular weight is 311 g/mol. The van der Waals surface area contributed by atoms with Crippen molar-refractivity contribution in [2.75, 3.05) is 13.7 Å². The molecule has 0 unspecified atom stereocenters. The minimum absolute atomic E-state index is 0.0104. The van der Waals surface area contributed by atoms with Gasteiger partial charge >= 0.3 is 0 Å². The molecule has 0 heterocycles. The highest BCUT2D eigenvalue weighted by molar-refractivity contribution is 5.95. The third kappa shape index (κ3) is 4.59. The van der Waals surface area contributed by atoms with E-state index in [-0.39, 0.29) is 5.91 Å². The first-order valence-electron chi connectivity index (χ1n) is 8.00. The first-order valence-corrected chi connectivity index (χ1v) is 8.00. The van der Waals surface area contributed by atoms with Crippen molar-refractivity contribution >= 4 is 5.91 Å². The van der Waals surface area contributed by atoms with Gasteiger partial charge in [0.05, 0.1) is 7.11 Å². The Bertz CT molecular complexity index is 692. The Labute approximate surface area is 138 Å². The van der Waals surface area contributed by atoms with Crippen molar-refractivity contribution in [3.8, 4) is 5.75 Å². The Morgan fingerprint density at radius 2 is 1.78 bits per heavy atom. The van der Waals surface area contributed by atoms with Crippen LogP contribution in [-0.2, 0) is 6.42 Å². The van der Waals surface area contributed by atoms with Gasteiger partial charge in [-0.05, 0) is 74.1 Å². The van der Waals surface area contributed by atoms with E-state index in [0.29, 0.717) is 6.54 Å². The molecule has 2 aromatic carbocycles. The standard InChI is InChI=1S/C20H25NO2/c1-14-11-16(3)19(12-15(14)2)20(22)21-10-6-8-17-7-5-9-18(13-17)23-4/h5,7,9,11-13H,6,8,10H2,1-4H3,(H,21,22). The van der Waals surface area contributed by atoms with Crippen LogP contribution in [0, 0.1) is 20.8 Å². The highest BCUT2D eigenvalue weighted by Gasteiger charge is 2.10. The lowest BCUT2D eigenvalue weighted by Crippen LogP contribution is -2.25. The molecule has 0 atom stereocenters. The molecule has 122 valence electrons. The lowest BCUT2D eigenvalue weighted by atomic mass is 10.0. The number of ether oxygens (including phenoxy) is 1. The predicted octanol–water partition coefficient (Wildman–Crippen LogP) is 3.98. The lowest BCUT2D eigenvalue weighted by molar-refractivity contribution is 0.0952. The minimum Gasteiger partial charge on any atom is -0.497 e. The molecule has 1 amide bonds. The molecule has 0 fully saturated rings. The Morgan fingerprint density at radius 3 is 2.52 bits per heavy atom. The van der Waals surface area contributed by atoms with Crippen LogP contribution < -0.4 is 10.1 Å². The molecule has 3 nitrogen and oxygen atoms in total. The topological polar surface area (TPSA) is 38.3 Å². The summed E-state index contributed by atoms with van der Waals surface area (Å²) in [6, 6.07) is 12.1. The molecule has 0 radical (unpaired) electrons. The fourth-order valence-corrected chi connectivity index (χ4v) is 2.62. The number of benzene rings is 2. The maximum Gasteiger partial charge on any atom is 0.251 e. The highest BCUT2D eigenvalue weighted by atomic mass is 16.5. The summed E-state index contributed by atoms with van der Waals surface area (Å²) < 4.78 is 5.22. The monoisotopic (exact) mass is 311 g/mol. The first kappa shape index (κ1) is 17.1. The minimum atomic E-state index is 0.0104. The highest BCUT2D eigenvalue weighted by Crippen LogP contribution is 2.16. The molecule has 0 aromatic heterocycles. The summed E-state index contributed by atoms with van der Waals surface area (Å²) in [5.41, 5.74) is 5.39. The van der Waals surface area contributed by atoms with E-state index in [9.17, 15) is 4.79 Å². The molecule has 0 aliphatic carbocycles.